The number of nitrogens with zero attached hydrogens (tertiary/aromatic N) is 5. The van der Waals surface area contributed by atoms with Crippen molar-refractivity contribution in [2.24, 2.45) is 17.0 Å². The highest BCUT2D eigenvalue weighted by atomic mass is 16.7. The fourth-order valence-electron chi connectivity index (χ4n) is 7.37. The van der Waals surface area contributed by atoms with E-state index in [-0.39, 0.29) is 56.7 Å². The molecule has 3 aliphatic heterocycles. The van der Waals surface area contributed by atoms with Gasteiger partial charge in [-0.3, -0.25) is 14.4 Å². The van der Waals surface area contributed by atoms with E-state index in [2.05, 4.69) is 14.9 Å². The molecule has 1 amide bonds. The summed E-state index contributed by atoms with van der Waals surface area (Å²) in [6, 6.07) is -0.792. The van der Waals surface area contributed by atoms with Crippen LogP contribution in [-0.2, 0) is 42.8 Å². The number of carbonyl (C=O) groups excluding carboxylic acids is 4. The highest BCUT2D eigenvalue weighted by molar-refractivity contribution is 5.99. The maximum absolute atomic E-state index is 14.1. The first-order valence-corrected chi connectivity index (χ1v) is 17.4. The number of Topliss-reactive ketones (excluding diaryl/α,β-unsaturated/α-hetero) is 2. The maximum atomic E-state index is 14.1. The van der Waals surface area contributed by atoms with Crippen LogP contribution in [0.2, 0.25) is 0 Å². The Labute approximate surface area is 290 Å². The van der Waals surface area contributed by atoms with Gasteiger partial charge in [0.1, 0.15) is 29.7 Å². The molecule has 3 fully saturated rings. The normalized spacial score (nSPS) is 38.0. The number of azide groups is 1. The zero-order chi connectivity index (χ0) is 36.7. The Balaban J connectivity index is 2.02. The van der Waals surface area contributed by atoms with E-state index in [0.717, 1.165) is 0 Å². The molecule has 278 valence electrons. The molecule has 3 rings (SSSR count). The van der Waals surface area contributed by atoms with Crippen molar-refractivity contribution in [1.29, 1.82) is 0 Å². The highest BCUT2D eigenvalue weighted by Gasteiger charge is 2.57. The summed E-state index contributed by atoms with van der Waals surface area (Å²) in [7, 11) is 7.00. The van der Waals surface area contributed by atoms with Crippen LogP contribution in [-0.4, -0.2) is 129 Å². The molecular weight excluding hydrogens is 638 g/mol. The molecule has 0 bridgehead atoms. The van der Waals surface area contributed by atoms with Crippen molar-refractivity contribution in [3.8, 4) is 0 Å². The highest BCUT2D eigenvalue weighted by Crippen LogP contribution is 2.40. The molecule has 0 aliphatic carbocycles. The van der Waals surface area contributed by atoms with Crippen molar-refractivity contribution in [3.05, 3.63) is 10.4 Å². The van der Waals surface area contributed by atoms with Crippen LogP contribution in [0.5, 0.6) is 0 Å². The van der Waals surface area contributed by atoms with E-state index in [1.54, 1.807) is 34.8 Å². The molecule has 3 saturated heterocycles. The van der Waals surface area contributed by atoms with Crippen LogP contribution in [0.1, 0.15) is 86.5 Å². The number of unbranched alkanes of at least 4 members (excludes halogenated alkanes) is 1. The summed E-state index contributed by atoms with van der Waals surface area (Å²) in [6.07, 6.45) is -2.07. The number of ether oxygens (including phenoxy) is 6. The summed E-state index contributed by atoms with van der Waals surface area (Å²) in [5, 5.41) is 3.56. The Morgan fingerprint density at radius 3 is 2.35 bits per heavy atom. The minimum atomic E-state index is -1.36. The van der Waals surface area contributed by atoms with Crippen molar-refractivity contribution in [1.82, 2.24) is 9.80 Å². The Bertz CT molecular complexity index is 1230. The van der Waals surface area contributed by atoms with Gasteiger partial charge in [-0.1, -0.05) is 19.0 Å². The van der Waals surface area contributed by atoms with Crippen LogP contribution in [0, 0.1) is 11.8 Å². The van der Waals surface area contributed by atoms with Crippen LogP contribution in [0.25, 0.3) is 10.4 Å². The number of cyclic esters (lactones) is 1. The number of esters is 1. The Morgan fingerprint density at radius 2 is 1.76 bits per heavy atom. The number of ketones is 2. The second-order valence-electron chi connectivity index (χ2n) is 14.3. The van der Waals surface area contributed by atoms with Crippen molar-refractivity contribution >= 4 is 23.6 Å². The van der Waals surface area contributed by atoms with E-state index in [0.29, 0.717) is 19.3 Å². The summed E-state index contributed by atoms with van der Waals surface area (Å²) < 4.78 is 36.7. The first-order chi connectivity index (χ1) is 23.1. The average Bonchev–Trinajstić information content (AvgIpc) is 3.29. The summed E-state index contributed by atoms with van der Waals surface area (Å²) in [4.78, 5) is 61.2. The number of likely N-dealkylation sites (N-methyl/N-ethyl adjacent to an activating group) is 1. The second-order valence-corrected chi connectivity index (χ2v) is 14.3. The number of carbonyl (C=O) groups is 4. The van der Waals surface area contributed by atoms with Crippen molar-refractivity contribution < 1.29 is 47.6 Å². The van der Waals surface area contributed by atoms with Crippen LogP contribution in [0.3, 0.4) is 0 Å². The van der Waals surface area contributed by atoms with Crippen LogP contribution in [0.15, 0.2) is 5.11 Å². The lowest BCUT2D eigenvalue weighted by molar-refractivity contribution is -0.293. The van der Waals surface area contributed by atoms with Gasteiger partial charge < -0.3 is 38.2 Å². The maximum Gasteiger partial charge on any atom is 0.410 e. The lowest BCUT2D eigenvalue weighted by atomic mass is 9.79. The topological polar surface area (TPSA) is 179 Å². The molecular formula is C34H57N5O10. The Morgan fingerprint density at radius 1 is 1.06 bits per heavy atom. The molecule has 15 nitrogen and oxygen atoms in total. The standard InChI is InChI=1S/C34H57N5O10/c1-11-27-34(6)26(39(32(43)49-34)15-13-12-14-36-37-35)17-24(40)20(2)19-33(5,45-10)28(18-25(41)22(4)30(42)47-27)48-31-29(44-9)23(38(7)8)16-21(3)46-31/h20-23,26-29,31H,11-19H2,1-10H3/t20-,21-,22-,23?,26-,27-,28-,29-,31+,33-,34+/m1/s1. The van der Waals surface area contributed by atoms with Crippen molar-refractivity contribution in [3.63, 3.8) is 0 Å². The smallest absolute Gasteiger partial charge is 0.410 e. The molecule has 0 N–H and O–H groups in total. The molecule has 3 aliphatic rings. The van der Waals surface area contributed by atoms with Crippen LogP contribution in [0.4, 0.5) is 4.79 Å². The van der Waals surface area contributed by atoms with E-state index >= 15 is 0 Å². The van der Waals surface area contributed by atoms with Gasteiger partial charge in [0, 0.05) is 57.0 Å². The quantitative estimate of drug-likeness (QED) is 0.0745. The van der Waals surface area contributed by atoms with E-state index < -0.39 is 71.5 Å². The summed E-state index contributed by atoms with van der Waals surface area (Å²) in [5.74, 6) is -3.10. The van der Waals surface area contributed by atoms with E-state index in [1.807, 2.05) is 21.0 Å². The van der Waals surface area contributed by atoms with Gasteiger partial charge in [0.2, 0.25) is 0 Å². The third-order valence-electron chi connectivity index (χ3n) is 10.7. The van der Waals surface area contributed by atoms with Gasteiger partial charge in [-0.15, -0.1) is 0 Å². The first-order valence-electron chi connectivity index (χ1n) is 17.4. The molecule has 15 heteroatoms. The number of fused-ring (bicyclic) bond motifs is 1. The van der Waals surface area contributed by atoms with Gasteiger partial charge in [-0.2, -0.15) is 0 Å². The predicted molar refractivity (Wildman–Crippen MR) is 179 cm³/mol. The first kappa shape index (κ1) is 40.6. The zero-order valence-electron chi connectivity index (χ0n) is 30.9. The van der Waals surface area contributed by atoms with E-state index in [4.69, 9.17) is 34.0 Å². The molecule has 0 saturated carbocycles. The van der Waals surface area contributed by atoms with Crippen molar-refractivity contribution in [2.45, 2.75) is 140 Å². The molecule has 3 heterocycles. The lowest BCUT2D eigenvalue weighted by Crippen LogP contribution is -2.58. The molecule has 0 radical (unpaired) electrons. The predicted octanol–water partition coefficient (Wildman–Crippen LogP) is 4.44. The van der Waals surface area contributed by atoms with E-state index in [9.17, 15) is 19.2 Å². The molecule has 1 unspecified atom stereocenters. The SMILES string of the molecule is CC[C@H]1OC(=O)[C@H](C)C(=O)C[C@@H](O[C@@H]2O[C@H](C)CC(N(C)C)[C@H]2OC)[C@](C)(OC)C[C@@H](C)C(=O)C[C@H]2N(CCCCN=[N+]=[N-])C(=O)O[C@]12C. The minimum Gasteiger partial charge on any atom is -0.458 e. The molecule has 0 aromatic rings. The molecule has 0 aromatic heterocycles. The fraction of sp³-hybridized carbons (Fsp3) is 0.882. The van der Waals surface area contributed by atoms with Gasteiger partial charge in [0.15, 0.2) is 11.9 Å². The number of hydrogen-bond donors (Lipinski definition) is 0. The average molecular weight is 696 g/mol. The number of rotatable bonds is 11. The molecule has 49 heavy (non-hydrogen) atoms. The van der Waals surface area contributed by atoms with Gasteiger partial charge in [0.05, 0.1) is 23.9 Å². The molecule has 0 spiro atoms. The summed E-state index contributed by atoms with van der Waals surface area (Å²) in [6.45, 7) is 11.0. The van der Waals surface area contributed by atoms with Gasteiger partial charge >= 0.3 is 12.1 Å². The van der Waals surface area contributed by atoms with Gasteiger partial charge in [0.25, 0.3) is 0 Å². The number of amides is 1. The fourth-order valence-corrected chi connectivity index (χ4v) is 7.37. The summed E-state index contributed by atoms with van der Waals surface area (Å²) in [5.41, 5.74) is 6.09. The lowest BCUT2D eigenvalue weighted by Gasteiger charge is -2.46. The third-order valence-corrected chi connectivity index (χ3v) is 10.7. The zero-order valence-corrected chi connectivity index (χ0v) is 30.9. The van der Waals surface area contributed by atoms with Gasteiger partial charge in [-0.05, 0) is 79.4 Å². The molecule has 0 aromatic carbocycles. The second kappa shape index (κ2) is 17.4. The Hall–Kier alpha value is -2.81. The third kappa shape index (κ3) is 9.30. The Kier molecular flexibility index (Phi) is 14.4. The monoisotopic (exact) mass is 695 g/mol. The van der Waals surface area contributed by atoms with Crippen molar-refractivity contribution in [2.75, 3.05) is 41.4 Å². The molecule has 11 atom stereocenters. The minimum absolute atomic E-state index is 0.0326. The van der Waals surface area contributed by atoms with Crippen LogP contribution >= 0.6 is 0 Å². The van der Waals surface area contributed by atoms with Gasteiger partial charge in [-0.25, -0.2) is 4.79 Å². The number of methoxy groups -OCH3 is 2. The van der Waals surface area contributed by atoms with Crippen LogP contribution < -0.4 is 0 Å². The summed E-state index contributed by atoms with van der Waals surface area (Å²) >= 11 is 0. The number of hydrogen-bond acceptors (Lipinski definition) is 12. The van der Waals surface area contributed by atoms with E-state index in [1.165, 1.54) is 18.9 Å². The largest absolute Gasteiger partial charge is 0.458 e.